The highest BCUT2D eigenvalue weighted by atomic mass is 35.5. The molecule has 2 aliphatic rings. The van der Waals surface area contributed by atoms with Gasteiger partial charge in [0.15, 0.2) is 11.5 Å². The summed E-state index contributed by atoms with van der Waals surface area (Å²) in [5.74, 6) is -0.341. The first-order valence-electron chi connectivity index (χ1n) is 12.7. The largest absolute Gasteiger partial charge is 0.462 e. The van der Waals surface area contributed by atoms with Gasteiger partial charge in [-0.25, -0.2) is 9.37 Å². The molecule has 1 saturated heterocycles. The van der Waals surface area contributed by atoms with Crippen molar-refractivity contribution >= 4 is 46.1 Å². The van der Waals surface area contributed by atoms with Crippen molar-refractivity contribution in [2.45, 2.75) is 36.6 Å². The minimum absolute atomic E-state index is 0.170. The van der Waals surface area contributed by atoms with Crippen molar-refractivity contribution in [3.63, 3.8) is 0 Å². The molecule has 2 aliphatic heterocycles. The van der Waals surface area contributed by atoms with Gasteiger partial charge in [0.25, 0.3) is 5.91 Å². The number of fused-ring (bicyclic) bond motifs is 2. The molecule has 1 fully saturated rings. The lowest BCUT2D eigenvalue weighted by Gasteiger charge is -2.20. The monoisotopic (exact) mass is 556 g/mol. The Morgan fingerprint density at radius 3 is 2.95 bits per heavy atom. The molecule has 1 aromatic carbocycles. The molecule has 0 saturated carbocycles. The molecule has 0 radical (unpaired) electrons. The topological polar surface area (TPSA) is 92.3 Å². The number of hydrogen-bond acceptors (Lipinski definition) is 8. The minimum atomic E-state index is -1.03. The van der Waals surface area contributed by atoms with E-state index in [0.717, 1.165) is 43.5 Å². The number of hydrogen-bond donors (Lipinski definition) is 2. The summed E-state index contributed by atoms with van der Waals surface area (Å²) in [5.41, 5.74) is 3.43. The smallest absolute Gasteiger partial charge is 0.320 e. The lowest BCUT2D eigenvalue weighted by atomic mass is 10.0. The first-order chi connectivity index (χ1) is 18.4. The Balaban J connectivity index is 1.47. The molecule has 3 aromatic rings. The maximum atomic E-state index is 13.0. The second-order valence-corrected chi connectivity index (χ2v) is 11.0. The van der Waals surface area contributed by atoms with Crippen molar-refractivity contribution in [1.82, 2.24) is 25.2 Å². The van der Waals surface area contributed by atoms with Crippen molar-refractivity contribution < 1.29 is 13.9 Å². The van der Waals surface area contributed by atoms with Crippen molar-refractivity contribution in [3.8, 4) is 17.3 Å². The lowest BCUT2D eigenvalue weighted by Crippen LogP contribution is -2.31. The molecule has 0 aliphatic carbocycles. The minimum Gasteiger partial charge on any atom is -0.462 e. The highest BCUT2D eigenvalue weighted by molar-refractivity contribution is 7.99. The number of anilines is 1. The molecular formula is C27H30ClFN6O2S. The van der Waals surface area contributed by atoms with Crippen molar-refractivity contribution in [2.75, 3.05) is 44.4 Å². The van der Waals surface area contributed by atoms with Gasteiger partial charge < -0.3 is 20.3 Å². The molecule has 200 valence electrons. The number of thioether (sulfide) groups is 1. The third kappa shape index (κ3) is 5.87. The van der Waals surface area contributed by atoms with Crippen LogP contribution in [0.4, 0.5) is 10.2 Å². The van der Waals surface area contributed by atoms with Crippen LogP contribution in [-0.4, -0.2) is 70.8 Å². The molecule has 1 atom stereocenters. The molecule has 11 heteroatoms. The fraction of sp³-hybridized carbons (Fsp3) is 0.407. The maximum absolute atomic E-state index is 13.0. The summed E-state index contributed by atoms with van der Waals surface area (Å²) in [7, 11) is 2.09. The Hall–Kier alpha value is -2.95. The van der Waals surface area contributed by atoms with Gasteiger partial charge in [-0.2, -0.15) is 9.97 Å². The van der Waals surface area contributed by atoms with Crippen LogP contribution >= 0.6 is 23.4 Å². The van der Waals surface area contributed by atoms with Crippen LogP contribution < -0.4 is 15.4 Å². The average molecular weight is 557 g/mol. The maximum Gasteiger partial charge on any atom is 0.320 e. The first kappa shape index (κ1) is 26.6. The van der Waals surface area contributed by atoms with E-state index in [4.69, 9.17) is 21.3 Å². The highest BCUT2D eigenvalue weighted by Gasteiger charge is 2.23. The number of nitrogens with one attached hydrogen (secondary N) is 2. The summed E-state index contributed by atoms with van der Waals surface area (Å²) in [6.07, 6.45) is 4.38. The number of ether oxygens (including phenoxy) is 1. The number of carbonyl (C=O) groups is 1. The summed E-state index contributed by atoms with van der Waals surface area (Å²) < 4.78 is 19.0. The molecule has 38 heavy (non-hydrogen) atoms. The van der Waals surface area contributed by atoms with E-state index < -0.39 is 11.7 Å². The highest BCUT2D eigenvalue weighted by Crippen LogP contribution is 2.41. The zero-order valence-corrected chi connectivity index (χ0v) is 22.8. The van der Waals surface area contributed by atoms with Crippen LogP contribution in [0.5, 0.6) is 6.01 Å². The lowest BCUT2D eigenvalue weighted by molar-refractivity contribution is -0.118. The van der Waals surface area contributed by atoms with Crippen LogP contribution in [0.15, 0.2) is 41.6 Å². The van der Waals surface area contributed by atoms with Gasteiger partial charge in [-0.15, -0.1) is 11.8 Å². The number of likely N-dealkylation sites (N-methyl/N-ethyl adjacent to an activating group) is 1. The molecule has 1 amide bonds. The number of pyridine rings is 1. The summed E-state index contributed by atoms with van der Waals surface area (Å²) in [6, 6.07) is 8.58. The quantitative estimate of drug-likeness (QED) is 0.285. The van der Waals surface area contributed by atoms with Crippen molar-refractivity contribution in [2.24, 2.45) is 0 Å². The Bertz CT molecular complexity index is 1370. The first-order valence-corrected chi connectivity index (χ1v) is 14.1. The normalized spacial score (nSPS) is 17.3. The summed E-state index contributed by atoms with van der Waals surface area (Å²) in [4.78, 5) is 29.1. The fourth-order valence-electron chi connectivity index (χ4n) is 4.79. The SMILES string of the molecule is C=C(F)C(=O)NCCNc1nc(OC[C@@H]2CCCN2C)nc2nc(-c3cccc4c3SCCC4)c(Cl)cc12. The van der Waals surface area contributed by atoms with Crippen LogP contribution in [0.2, 0.25) is 5.02 Å². The second kappa shape index (κ2) is 11.8. The summed E-state index contributed by atoms with van der Waals surface area (Å²) >= 11 is 8.62. The number of aryl methyl sites for hydroxylation is 1. The number of amides is 1. The van der Waals surface area contributed by atoms with Gasteiger partial charge in [-0.1, -0.05) is 36.4 Å². The molecule has 2 aromatic heterocycles. The van der Waals surface area contributed by atoms with Crippen LogP contribution in [0, 0.1) is 0 Å². The van der Waals surface area contributed by atoms with Gasteiger partial charge in [-0.05, 0) is 56.7 Å². The molecular weight excluding hydrogens is 527 g/mol. The number of nitrogens with zero attached hydrogens (tertiary/aromatic N) is 4. The predicted octanol–water partition coefficient (Wildman–Crippen LogP) is 4.87. The number of carbonyl (C=O) groups excluding carboxylic acids is 1. The van der Waals surface area contributed by atoms with E-state index in [1.807, 2.05) is 30.0 Å². The zero-order chi connectivity index (χ0) is 26.6. The molecule has 8 nitrogen and oxygen atoms in total. The third-order valence-corrected chi connectivity index (χ3v) is 8.39. The zero-order valence-electron chi connectivity index (χ0n) is 21.2. The van der Waals surface area contributed by atoms with Gasteiger partial charge >= 0.3 is 6.01 Å². The van der Waals surface area contributed by atoms with Gasteiger partial charge in [0.05, 0.1) is 16.1 Å². The Morgan fingerprint density at radius 2 is 2.16 bits per heavy atom. The molecule has 0 unspecified atom stereocenters. The van der Waals surface area contributed by atoms with Crippen LogP contribution in [0.25, 0.3) is 22.3 Å². The van der Waals surface area contributed by atoms with Crippen LogP contribution in [-0.2, 0) is 11.2 Å². The van der Waals surface area contributed by atoms with Crippen LogP contribution in [0.3, 0.4) is 0 Å². The van der Waals surface area contributed by atoms with Gasteiger partial charge in [-0.3, -0.25) is 4.79 Å². The molecule has 2 N–H and O–H groups in total. The van der Waals surface area contributed by atoms with Crippen molar-refractivity contribution in [1.29, 1.82) is 0 Å². The Labute approximate surface area is 230 Å². The van der Waals surface area contributed by atoms with E-state index in [1.54, 1.807) is 0 Å². The second-order valence-electron chi connectivity index (χ2n) is 9.47. The summed E-state index contributed by atoms with van der Waals surface area (Å²) in [5, 5.41) is 6.76. The van der Waals surface area contributed by atoms with Crippen molar-refractivity contribution in [3.05, 3.63) is 47.3 Å². The van der Waals surface area contributed by atoms with E-state index in [0.29, 0.717) is 40.2 Å². The van der Waals surface area contributed by atoms with Crippen LogP contribution in [0.1, 0.15) is 24.8 Å². The van der Waals surface area contributed by atoms with E-state index in [2.05, 4.69) is 45.2 Å². The number of benzene rings is 1. The number of aromatic nitrogens is 3. The Morgan fingerprint density at radius 1 is 1.29 bits per heavy atom. The third-order valence-electron chi connectivity index (χ3n) is 6.83. The van der Waals surface area contributed by atoms with E-state index in [-0.39, 0.29) is 19.1 Å². The van der Waals surface area contributed by atoms with E-state index in [1.165, 1.54) is 10.5 Å². The number of likely N-dealkylation sites (tertiary alicyclic amines) is 1. The number of rotatable bonds is 9. The van der Waals surface area contributed by atoms with Gasteiger partial charge in [0.1, 0.15) is 12.4 Å². The van der Waals surface area contributed by atoms with Gasteiger partial charge in [0.2, 0.25) is 0 Å². The molecule has 0 spiro atoms. The average Bonchev–Trinajstić information content (AvgIpc) is 3.33. The Kier molecular flexibility index (Phi) is 8.30. The van der Waals surface area contributed by atoms with E-state index in [9.17, 15) is 9.18 Å². The predicted molar refractivity (Wildman–Crippen MR) is 150 cm³/mol. The fourth-order valence-corrected chi connectivity index (χ4v) is 6.21. The van der Waals surface area contributed by atoms with Gasteiger partial charge in [0, 0.05) is 29.6 Å². The van der Waals surface area contributed by atoms with E-state index >= 15 is 0 Å². The summed E-state index contributed by atoms with van der Waals surface area (Å²) in [6.45, 7) is 4.98. The molecule has 5 rings (SSSR count). The number of halogens is 2. The molecule has 4 heterocycles. The standard InChI is InChI=1S/C27H30ClFN6O2S/c1-16(29)26(36)31-11-10-30-24-20-14-21(28)22(19-9-3-6-17-7-5-13-38-23(17)19)32-25(20)34-27(33-24)37-15-18-8-4-12-35(18)2/h3,6,9,14,18H,1,4-5,7-8,10-13,15H2,2H3,(H,31,36)(H,30,32,33,34)/t18-/m0/s1. The molecule has 0 bridgehead atoms.